The van der Waals surface area contributed by atoms with Gasteiger partial charge < -0.3 is 65.7 Å². The van der Waals surface area contributed by atoms with Gasteiger partial charge in [0.2, 0.25) is 41.4 Å². The number of fused-ring (bicyclic) bond motifs is 2. The van der Waals surface area contributed by atoms with Crippen molar-refractivity contribution in [3.63, 3.8) is 0 Å². The number of nitrogens with one attached hydrogen (secondary N) is 5. The van der Waals surface area contributed by atoms with E-state index in [0.29, 0.717) is 168 Å². The van der Waals surface area contributed by atoms with Crippen LogP contribution in [0, 0.1) is 29.6 Å². The first-order valence-electron chi connectivity index (χ1n) is 41.0. The summed E-state index contributed by atoms with van der Waals surface area (Å²) in [5.41, 5.74) is 13.6. The van der Waals surface area contributed by atoms with Gasteiger partial charge in [0.1, 0.15) is 0 Å². The number of benzene rings is 7. The summed E-state index contributed by atoms with van der Waals surface area (Å²) in [7, 11) is 0. The van der Waals surface area contributed by atoms with Gasteiger partial charge in [0.25, 0.3) is 29.5 Å². The fraction of sp³-hybridized carbons (Fsp3) is 0.398. The molecule has 0 spiro atoms. The maximum atomic E-state index is 13.1. The zero-order valence-corrected chi connectivity index (χ0v) is 69.4. The van der Waals surface area contributed by atoms with Crippen molar-refractivity contribution in [2.75, 3.05) is 89.9 Å². The van der Waals surface area contributed by atoms with Crippen molar-refractivity contribution in [2.45, 2.75) is 127 Å². The highest BCUT2D eigenvalue weighted by atomic mass is 79.9. The minimum Gasteiger partial charge on any atom is -0.550 e. The molecule has 0 unspecified atom stereocenters. The number of carbonyl (C=O) groups is 15. The summed E-state index contributed by atoms with van der Waals surface area (Å²) in [6.45, 7) is 6.18. The van der Waals surface area contributed by atoms with Gasteiger partial charge in [-0.3, -0.25) is 57.5 Å². The SMILES string of the molecule is NC(=O)C1CC[NH+]([C@H]2CC(=O)N(c3cccc(Cl)c3)C2=O)CC1.NC(=O)C1CC[NH+]([C@H]2CC(=O)N(c3cccc4ccccc34)C2=O)CC1.O=C([O-])C1CC[NH+]([C@H]2CC(=O)N(c3cccc(Br)c3)C2=O)CC1.O=C([O-])C1CC[NH+]([C@H]2CC(=O)N(c3cccc(Cl)c3)C2=O)CC1.O=C([O-])C1CC[NH+]([C@H]2CC(=O)N(c3cccc4ccccc34)C2=O)CC1. The van der Waals surface area contributed by atoms with Crippen LogP contribution in [0.3, 0.4) is 0 Å². The molecule has 0 radical (unpaired) electrons. The largest absolute Gasteiger partial charge is 0.550 e. The summed E-state index contributed by atoms with van der Waals surface area (Å²) >= 11 is 15.2. The van der Waals surface area contributed by atoms with E-state index in [0.717, 1.165) is 50.5 Å². The minimum absolute atomic E-state index is 0.111. The lowest BCUT2D eigenvalue weighted by Crippen LogP contribution is -3.17. The first kappa shape index (κ1) is 87.8. The van der Waals surface area contributed by atoms with Gasteiger partial charge in [0, 0.05) is 137 Å². The molecule has 10 aliphatic rings. The van der Waals surface area contributed by atoms with E-state index in [2.05, 4.69) is 15.9 Å². The molecule has 12 amide bonds. The minimum atomic E-state index is -1.03. The van der Waals surface area contributed by atoms with E-state index >= 15 is 0 Å². The lowest BCUT2D eigenvalue weighted by molar-refractivity contribution is -0.920. The number of likely N-dealkylation sites (tertiary alicyclic amines) is 5. The number of aliphatic carboxylic acids is 3. The zero-order valence-electron chi connectivity index (χ0n) is 66.3. The fourth-order valence-corrected chi connectivity index (χ4v) is 19.4. The number of hydrogen-bond donors (Lipinski definition) is 7. The number of primary amides is 2. The Kier molecular flexibility index (Phi) is 28.1. The predicted molar refractivity (Wildman–Crippen MR) is 440 cm³/mol. The van der Waals surface area contributed by atoms with E-state index in [4.69, 9.17) is 34.7 Å². The number of nitrogens with zero attached hydrogens (tertiary/aromatic N) is 5. The normalized spacial score (nSPS) is 27.5. The van der Waals surface area contributed by atoms with Crippen LogP contribution in [0.2, 0.25) is 10.0 Å². The molecule has 10 fully saturated rings. The van der Waals surface area contributed by atoms with Crippen LogP contribution in [0.15, 0.2) is 162 Å². The van der Waals surface area contributed by atoms with Gasteiger partial charge in [-0.05, 0) is 77.5 Å². The second-order valence-electron chi connectivity index (χ2n) is 32.5. The highest BCUT2D eigenvalue weighted by molar-refractivity contribution is 9.10. The van der Waals surface area contributed by atoms with E-state index in [-0.39, 0.29) is 127 Å². The number of rotatable bonds is 15. The number of amides is 12. The van der Waals surface area contributed by atoms with Gasteiger partial charge in [-0.25, -0.2) is 24.5 Å². The molecule has 121 heavy (non-hydrogen) atoms. The zero-order chi connectivity index (χ0) is 86.2. The summed E-state index contributed by atoms with van der Waals surface area (Å²) in [4.78, 5) is 193. The van der Waals surface area contributed by atoms with Crippen LogP contribution in [0.25, 0.3) is 21.5 Å². The van der Waals surface area contributed by atoms with Crippen LogP contribution >= 0.6 is 39.1 Å². The van der Waals surface area contributed by atoms with Crippen LogP contribution in [0.5, 0.6) is 0 Å². The third-order valence-corrected chi connectivity index (χ3v) is 26.3. The van der Waals surface area contributed by atoms with Gasteiger partial charge >= 0.3 is 0 Å². The smallest absolute Gasteiger partial charge is 0.292 e. The van der Waals surface area contributed by atoms with Gasteiger partial charge in [0.05, 0.1) is 126 Å². The monoisotopic (exact) mass is 1760 g/mol. The van der Waals surface area contributed by atoms with Crippen molar-refractivity contribution in [3.8, 4) is 0 Å². The second-order valence-corrected chi connectivity index (χ2v) is 34.3. The Morgan fingerprint density at radius 3 is 0.826 bits per heavy atom. The molecule has 30 nitrogen and oxygen atoms in total. The number of carboxylic acids is 3. The molecular formula is C88H95BrCl2N12O18+2. The molecule has 7 aromatic carbocycles. The molecular weight excluding hydrogens is 1660 g/mol. The molecule has 0 bridgehead atoms. The number of carbonyl (C=O) groups excluding carboxylic acids is 15. The number of hydrogen-bond acceptors (Lipinski definition) is 18. The Labute approximate surface area is 715 Å². The number of quaternary nitrogens is 5. The highest BCUT2D eigenvalue weighted by Gasteiger charge is 2.52. The van der Waals surface area contributed by atoms with Crippen LogP contribution in [0.1, 0.15) is 96.3 Å². The molecule has 33 heteroatoms. The quantitative estimate of drug-likeness (QED) is 0.0529. The number of piperidine rings is 5. The maximum absolute atomic E-state index is 13.1. The molecule has 5 atom stereocenters. The van der Waals surface area contributed by atoms with E-state index in [1.807, 2.05) is 84.9 Å². The van der Waals surface area contributed by atoms with Gasteiger partial charge in [0.15, 0.2) is 30.2 Å². The number of imide groups is 5. The standard InChI is InChI=1S/C20H21N3O3.C20H20N2O4.C16H17BrN2O4.C16H18ClN3O3.C16H17ClN2O4/c21-19(25)14-8-10-22(11-9-14)17-12-18(24)23(20(17)26)16-7-3-5-13-4-1-2-6-15(13)16;23-18-12-17(21-10-8-14(9-11-21)20(25)26)19(24)22(18)16-7-3-5-13-4-1-2-6-15(13)16;17-11-2-1-3-12(8-11)19-14(20)9-13(15(19)21)18-6-4-10(5-7-18)16(22)23;17-11-2-1-3-12(8-11)20-14(21)9-13(16(20)23)19-6-4-10(5-7-19)15(18)22;17-11-2-1-3-12(8-11)19-14(20)9-13(15(19)21)18-6-4-10(5-7-18)16(22)23/h1-7,14,17H,8-12H2,(H2,21,25);1-7,14,17H,8-12H2,(H,25,26);1-3,8,10,13H,4-7,9H2,(H,22,23);1-3,8,10,13H,4-7,9H2,(H2,18,22);1-3,8,10,13H,4-7,9H2,(H,22,23)/p+2/t2*17-;3*13-/m00000/s1. The summed E-state index contributed by atoms with van der Waals surface area (Å²) in [5.74, 6) is -7.11. The topological polar surface area (TPSA) is 416 Å². The van der Waals surface area contributed by atoms with Crippen molar-refractivity contribution >= 4 is 178 Å². The molecule has 0 saturated carbocycles. The van der Waals surface area contributed by atoms with Crippen molar-refractivity contribution in [1.82, 2.24) is 0 Å². The van der Waals surface area contributed by atoms with Crippen molar-refractivity contribution < 1.29 is 112 Å². The molecule has 10 heterocycles. The van der Waals surface area contributed by atoms with E-state index in [1.54, 1.807) is 72.8 Å². The Balaban J connectivity index is 0.000000131. The lowest BCUT2D eigenvalue weighted by Gasteiger charge is -2.32. The highest BCUT2D eigenvalue weighted by Crippen LogP contribution is 2.35. The predicted octanol–water partition coefficient (Wildman–Crippen LogP) is -2.34. The first-order chi connectivity index (χ1) is 58.0. The van der Waals surface area contributed by atoms with E-state index in [9.17, 15) is 87.2 Å². The number of halogens is 3. The van der Waals surface area contributed by atoms with Crippen LogP contribution in [0.4, 0.5) is 28.4 Å². The summed E-state index contributed by atoms with van der Waals surface area (Å²) in [6.07, 6.45) is 6.53. The maximum Gasteiger partial charge on any atom is 0.292 e. The van der Waals surface area contributed by atoms with Gasteiger partial charge in [-0.2, -0.15) is 0 Å². The molecule has 7 aromatic rings. The van der Waals surface area contributed by atoms with Crippen LogP contribution < -0.4 is 75.8 Å². The Morgan fingerprint density at radius 1 is 0.314 bits per heavy atom. The number of carboxylic acid groups (broad SMARTS) is 3. The average Bonchev–Trinajstić information content (AvgIpc) is 1.66. The Bertz CT molecular complexity index is 4780. The molecule has 0 aliphatic carbocycles. The third kappa shape index (κ3) is 19.8. The Morgan fingerprint density at radius 2 is 0.554 bits per heavy atom. The molecule has 0 aromatic heterocycles. The third-order valence-electron chi connectivity index (χ3n) is 25.4. The number of nitrogens with two attached hydrogens (primary N) is 2. The van der Waals surface area contributed by atoms with Gasteiger partial charge in [-0.15, -0.1) is 0 Å². The Hall–Kier alpha value is -11.0. The fourth-order valence-electron chi connectivity index (χ4n) is 18.7. The molecule has 634 valence electrons. The summed E-state index contributed by atoms with van der Waals surface area (Å²) in [5, 5.41) is 37.5. The van der Waals surface area contributed by atoms with E-state index in [1.165, 1.54) is 24.5 Å². The molecule has 9 N–H and O–H groups in total. The lowest BCUT2D eigenvalue weighted by atomic mass is 9.95. The van der Waals surface area contributed by atoms with Crippen molar-refractivity contribution in [1.29, 1.82) is 0 Å². The molecule has 10 saturated heterocycles. The van der Waals surface area contributed by atoms with Crippen molar-refractivity contribution in [3.05, 3.63) is 172 Å². The van der Waals surface area contributed by atoms with Gasteiger partial charge in [-0.1, -0.05) is 130 Å². The average molecular weight is 1760 g/mol. The number of anilines is 5. The van der Waals surface area contributed by atoms with Crippen molar-refractivity contribution in [2.24, 2.45) is 41.1 Å². The summed E-state index contributed by atoms with van der Waals surface area (Å²) < 4.78 is 0.807. The van der Waals surface area contributed by atoms with E-state index < -0.39 is 53.8 Å². The summed E-state index contributed by atoms with van der Waals surface area (Å²) in [6, 6.07) is 45.2. The second kappa shape index (κ2) is 38.8. The first-order valence-corrected chi connectivity index (χ1v) is 42.6. The van der Waals surface area contributed by atoms with Crippen LogP contribution in [-0.4, -0.2) is 184 Å². The molecule has 10 aliphatic heterocycles. The van der Waals surface area contributed by atoms with Crippen LogP contribution in [-0.2, 0) is 71.9 Å². The molecule has 17 rings (SSSR count).